The van der Waals surface area contributed by atoms with Crippen molar-refractivity contribution in [2.75, 3.05) is 18.5 Å². The van der Waals surface area contributed by atoms with E-state index in [2.05, 4.69) is 20.8 Å². The van der Waals surface area contributed by atoms with Gasteiger partial charge >= 0.3 is 93.7 Å². The predicted molar refractivity (Wildman–Crippen MR) is 73.4 cm³/mol. The molecule has 2 heteroatoms. The van der Waals surface area contributed by atoms with Gasteiger partial charge in [0.2, 0.25) is 0 Å². The summed E-state index contributed by atoms with van der Waals surface area (Å²) in [5, 5.41) is 0. The van der Waals surface area contributed by atoms with Gasteiger partial charge in [0, 0.05) is 0 Å². The van der Waals surface area contributed by atoms with Gasteiger partial charge in [-0.15, -0.1) is 0 Å². The second-order valence-electron chi connectivity index (χ2n) is 4.45. The molecule has 2 radical (unpaired) electrons. The van der Waals surface area contributed by atoms with E-state index >= 15 is 0 Å². The van der Waals surface area contributed by atoms with Crippen LogP contribution in [0.15, 0.2) is 0 Å². The Balaban J connectivity index is 4.33. The van der Waals surface area contributed by atoms with Crippen molar-refractivity contribution in [3.63, 3.8) is 0 Å². The van der Waals surface area contributed by atoms with Crippen LogP contribution in [0.4, 0.5) is 0 Å². The van der Waals surface area contributed by atoms with E-state index in [-0.39, 0.29) is 0 Å². The normalized spacial score (nSPS) is 15.9. The topological polar surface area (TPSA) is 0 Å². The van der Waals surface area contributed by atoms with Crippen LogP contribution in [0.2, 0.25) is 0 Å². The molecule has 0 atom stereocenters. The van der Waals surface area contributed by atoms with Crippen molar-refractivity contribution in [2.45, 2.75) is 59.3 Å². The van der Waals surface area contributed by atoms with Gasteiger partial charge in [-0.1, -0.05) is 0 Å². The maximum absolute atomic E-state index is 8.69. The van der Waals surface area contributed by atoms with E-state index in [1.165, 1.54) is 19.3 Å². The molecular formula is C12H28BP. The van der Waals surface area contributed by atoms with Crippen LogP contribution < -0.4 is 0 Å². The Bertz CT molecular complexity index is 142. The van der Waals surface area contributed by atoms with E-state index < -0.39 is 7.09 Å². The standard InChI is InChI=1S/C12H28BP/c1-4-7-10-14(13,11-8-5-2)12-9-6-3/h14H,4-12H2,1-3H3/i14D. The molecule has 0 aliphatic rings. The minimum atomic E-state index is -2.53. The fourth-order valence-corrected chi connectivity index (χ4v) is 5.26. The van der Waals surface area contributed by atoms with Crippen molar-refractivity contribution in [1.82, 2.24) is 0 Å². The van der Waals surface area contributed by atoms with Crippen LogP contribution >= 0.6 is 7.09 Å². The number of rotatable bonds is 9. The van der Waals surface area contributed by atoms with Gasteiger partial charge in [-0.2, -0.15) is 0 Å². The van der Waals surface area contributed by atoms with Crippen LogP contribution in [-0.4, -0.2) is 27.3 Å². The second-order valence-corrected chi connectivity index (χ2v) is 8.23. The van der Waals surface area contributed by atoms with Crippen LogP contribution in [0.3, 0.4) is 0 Å². The molecule has 84 valence electrons. The molecule has 14 heavy (non-hydrogen) atoms. The Morgan fingerprint density at radius 3 is 1.36 bits per heavy atom. The molecule has 0 aliphatic heterocycles. The Kier molecular flexibility index (Phi) is 7.88. The first-order valence-electron chi connectivity index (χ1n) is 6.78. The van der Waals surface area contributed by atoms with Gasteiger partial charge in [-0.05, 0) is 0 Å². The summed E-state index contributed by atoms with van der Waals surface area (Å²) in [6.45, 7) is 6.57. The van der Waals surface area contributed by atoms with Gasteiger partial charge in [0.1, 0.15) is 0 Å². The van der Waals surface area contributed by atoms with Crippen molar-refractivity contribution >= 4 is 14.7 Å². The second kappa shape index (κ2) is 8.78. The molecule has 0 saturated carbocycles. The summed E-state index contributed by atoms with van der Waals surface area (Å²) in [7, 11) is 3.96. The SMILES string of the molecule is [2H]P([B])(CCCC)(CCCC)CCCC. The van der Waals surface area contributed by atoms with E-state index in [9.17, 15) is 0 Å². The summed E-state index contributed by atoms with van der Waals surface area (Å²) in [6, 6.07) is 0. The Morgan fingerprint density at radius 1 is 0.857 bits per heavy atom. The minimum absolute atomic E-state index is 0.988. The molecule has 0 unspecified atom stereocenters. The van der Waals surface area contributed by atoms with Crippen LogP contribution in [0.1, 0.15) is 59.3 Å². The Hall–Kier alpha value is 0.495. The van der Waals surface area contributed by atoms with Gasteiger partial charge in [0.25, 0.3) is 0 Å². The van der Waals surface area contributed by atoms with Gasteiger partial charge in [0.15, 0.2) is 0 Å². The summed E-state index contributed by atoms with van der Waals surface area (Å²) in [6.07, 6.45) is 9.92. The van der Waals surface area contributed by atoms with Gasteiger partial charge in [-0.25, -0.2) is 0 Å². The zero-order chi connectivity index (χ0) is 11.8. The van der Waals surface area contributed by atoms with E-state index in [1.54, 1.807) is 0 Å². The molecule has 0 fully saturated rings. The van der Waals surface area contributed by atoms with Crippen molar-refractivity contribution < 1.29 is 0 Å². The first-order chi connectivity index (χ1) is 6.96. The zero-order valence-electron chi connectivity index (χ0n) is 11.4. The molecule has 0 N–H and O–H groups in total. The quantitative estimate of drug-likeness (QED) is 0.399. The molecule has 0 nitrogen and oxygen atoms in total. The Labute approximate surface area is 94.2 Å². The fraction of sp³-hybridized carbons (Fsp3) is 1.00. The molecule has 0 heterocycles. The molecular weight excluding hydrogens is 186 g/mol. The summed E-state index contributed by atoms with van der Waals surface area (Å²) in [4.78, 5) is 0. The van der Waals surface area contributed by atoms with E-state index in [0.29, 0.717) is 0 Å². The van der Waals surface area contributed by atoms with Crippen LogP contribution in [0, 0.1) is 0 Å². The summed E-state index contributed by atoms with van der Waals surface area (Å²) in [5.41, 5.74) is 0. The third kappa shape index (κ3) is 6.88. The number of hydrogen-bond acceptors (Lipinski definition) is 0. The van der Waals surface area contributed by atoms with E-state index in [1.807, 2.05) is 0 Å². The zero-order valence-corrected chi connectivity index (χ0v) is 11.3. The van der Waals surface area contributed by atoms with E-state index in [4.69, 9.17) is 8.84 Å². The first kappa shape index (κ1) is 12.6. The molecule has 0 aromatic rings. The van der Waals surface area contributed by atoms with Crippen molar-refractivity contribution in [1.29, 1.82) is 1.28 Å². The van der Waals surface area contributed by atoms with Gasteiger partial charge in [0.05, 0.1) is 0 Å². The van der Waals surface area contributed by atoms with Crippen molar-refractivity contribution in [3.8, 4) is 0 Å². The molecule has 0 rings (SSSR count). The molecule has 0 saturated heterocycles. The molecule has 0 amide bonds. The van der Waals surface area contributed by atoms with Gasteiger partial charge < -0.3 is 0 Å². The molecule has 0 bridgehead atoms. The summed E-state index contributed by atoms with van der Waals surface area (Å²) < 4.78 is 8.69. The molecule has 0 spiro atoms. The van der Waals surface area contributed by atoms with Gasteiger partial charge in [-0.3, -0.25) is 0 Å². The van der Waals surface area contributed by atoms with Crippen LogP contribution in [-0.2, 0) is 0 Å². The third-order valence-corrected chi connectivity index (χ3v) is 6.49. The molecule has 0 aromatic carbocycles. The summed E-state index contributed by atoms with van der Waals surface area (Å²) in [5.74, 6) is 0. The summed E-state index contributed by atoms with van der Waals surface area (Å²) >= 11 is 0. The average Bonchev–Trinajstić information content (AvgIpc) is 2.22. The molecule has 0 aromatic heterocycles. The monoisotopic (exact) mass is 215 g/mol. The molecule has 0 aliphatic carbocycles. The number of unbranched alkanes of at least 4 members (excludes halogenated alkanes) is 3. The average molecular weight is 215 g/mol. The predicted octanol–water partition coefficient (Wildman–Crippen LogP) is 4.22. The van der Waals surface area contributed by atoms with Crippen LogP contribution in [0.5, 0.6) is 0 Å². The Morgan fingerprint density at radius 2 is 1.14 bits per heavy atom. The first-order valence-corrected chi connectivity index (χ1v) is 8.74. The maximum atomic E-state index is 8.69. The van der Waals surface area contributed by atoms with Crippen LogP contribution in [0.25, 0.3) is 0 Å². The van der Waals surface area contributed by atoms with E-state index in [0.717, 1.165) is 37.7 Å². The van der Waals surface area contributed by atoms with Crippen molar-refractivity contribution in [2.24, 2.45) is 0 Å². The third-order valence-electron chi connectivity index (χ3n) is 2.87. The fourth-order valence-electron chi connectivity index (χ4n) is 1.75. The number of hydrogen-bond donors (Lipinski definition) is 0. The van der Waals surface area contributed by atoms with Crippen molar-refractivity contribution in [3.05, 3.63) is 0 Å².